The summed E-state index contributed by atoms with van der Waals surface area (Å²) < 4.78 is 17.8. The molecule has 3 aliphatic rings. The Morgan fingerprint density at radius 2 is 0.704 bits per heavy atom. The largest absolute Gasteiger partial charge is 0.457 e. The summed E-state index contributed by atoms with van der Waals surface area (Å²) in [4.78, 5) is 45.0. The summed E-state index contributed by atoms with van der Waals surface area (Å²) in [7, 11) is 0. The second-order valence-corrected chi connectivity index (χ2v) is 23.4. The standard InChI is InChI=1S/C28H31NO2.2C22H27NO2/c1-22-9-6-7-11-24(22)15-16-27(30)28(2)17-18-29(21-28)20-23-10-8-14-26(19-23)31-25-12-4-3-5-13-25;2*1-3-8-21(24)22(2)13-14-23(17-22)16-18-9-7-12-20(15-18)25-19-10-5-4-6-11-19/h3-14,19H,15-18,20-21H2,1-2H3;2*4-7,9-12,15H,3,8,13-14,16-17H2,1-2H3/t;2*22-/m.10/s1. The van der Waals surface area contributed by atoms with Gasteiger partial charge in [0.1, 0.15) is 51.8 Å². The molecule has 3 fully saturated rings. The number of hydrogen-bond acceptors (Lipinski definition) is 9. The zero-order chi connectivity index (χ0) is 57.1. The van der Waals surface area contributed by atoms with Crippen LogP contribution in [0.4, 0.5) is 0 Å². The summed E-state index contributed by atoms with van der Waals surface area (Å²) in [6, 6.07) is 62.6. The smallest absolute Gasteiger partial charge is 0.140 e. The van der Waals surface area contributed by atoms with Gasteiger partial charge in [0.15, 0.2) is 0 Å². The molecule has 0 saturated carbocycles. The third-order valence-corrected chi connectivity index (χ3v) is 16.4. The van der Waals surface area contributed by atoms with E-state index in [0.29, 0.717) is 36.6 Å². The van der Waals surface area contributed by atoms with E-state index in [1.807, 2.05) is 127 Å². The lowest BCUT2D eigenvalue weighted by atomic mass is 9.82. The maximum absolute atomic E-state index is 13.1. The molecule has 1 unspecified atom stereocenters. The summed E-state index contributed by atoms with van der Waals surface area (Å²) >= 11 is 0. The van der Waals surface area contributed by atoms with Crippen LogP contribution in [0.3, 0.4) is 0 Å². The van der Waals surface area contributed by atoms with Crippen molar-refractivity contribution in [3.63, 3.8) is 0 Å². The Balaban J connectivity index is 0.000000161. The molecule has 0 N–H and O–H groups in total. The highest BCUT2D eigenvalue weighted by Crippen LogP contribution is 2.37. The van der Waals surface area contributed by atoms with E-state index in [1.165, 1.54) is 27.8 Å². The van der Waals surface area contributed by atoms with Crippen LogP contribution >= 0.6 is 0 Å². The van der Waals surface area contributed by atoms with Gasteiger partial charge in [-0.2, -0.15) is 0 Å². The van der Waals surface area contributed by atoms with Crippen molar-refractivity contribution in [3.8, 4) is 34.5 Å². The number of ether oxygens (including phenoxy) is 3. The highest BCUT2D eigenvalue weighted by atomic mass is 16.5. The van der Waals surface area contributed by atoms with Gasteiger partial charge in [-0.15, -0.1) is 0 Å². The molecule has 3 atom stereocenters. The number of carbonyl (C=O) groups excluding carboxylic acids is 3. The first-order valence-corrected chi connectivity index (χ1v) is 29.5. The molecule has 81 heavy (non-hydrogen) atoms. The zero-order valence-electron chi connectivity index (χ0n) is 48.9. The normalized spacial score (nSPS) is 19.9. The SMILES string of the molecule is CCCC(=O)[C@@]1(C)CCN(Cc2cccc(Oc3ccccc3)c2)C1.CCCC(=O)[C@]1(C)CCN(Cc2cccc(Oc3ccccc3)c2)C1.Cc1ccccc1CCC(=O)C1(C)CCN(Cc2cccc(Oc3ccccc3)c2)C1. The molecule has 0 aromatic heterocycles. The van der Waals surface area contributed by atoms with Crippen molar-refractivity contribution in [3.05, 3.63) is 216 Å². The molecule has 7 aromatic rings. The van der Waals surface area contributed by atoms with Crippen molar-refractivity contribution in [2.45, 2.75) is 119 Å². The fourth-order valence-corrected chi connectivity index (χ4v) is 11.5. The monoisotopic (exact) mass is 1090 g/mol. The number of carbonyl (C=O) groups is 3. The Morgan fingerprint density at radius 3 is 1.04 bits per heavy atom. The number of nitrogens with zero attached hydrogens (tertiary/aromatic N) is 3. The maximum Gasteiger partial charge on any atom is 0.140 e. The number of ketones is 3. The van der Waals surface area contributed by atoms with E-state index < -0.39 is 0 Å². The molecule has 424 valence electrons. The third kappa shape index (κ3) is 17.7. The predicted octanol–water partition coefficient (Wildman–Crippen LogP) is 16.3. The second kappa shape index (κ2) is 29.0. The average Bonchev–Trinajstić information content (AvgIpc) is 4.37. The minimum atomic E-state index is -0.249. The number of aryl methyl sites for hydroxylation is 2. The summed E-state index contributed by atoms with van der Waals surface area (Å²) in [5, 5.41) is 0. The molecule has 3 saturated heterocycles. The molecule has 3 aliphatic heterocycles. The Labute approximate surface area is 483 Å². The number of likely N-dealkylation sites (tertiary alicyclic amines) is 3. The van der Waals surface area contributed by atoms with Crippen LogP contribution in [0.1, 0.15) is 114 Å². The molecule has 9 heteroatoms. The van der Waals surface area contributed by atoms with Gasteiger partial charge < -0.3 is 14.2 Å². The molecule has 0 aliphatic carbocycles. The highest BCUT2D eigenvalue weighted by Gasteiger charge is 2.41. The van der Waals surface area contributed by atoms with Crippen LogP contribution < -0.4 is 14.2 Å². The van der Waals surface area contributed by atoms with Gasteiger partial charge in [-0.3, -0.25) is 29.1 Å². The molecule has 0 bridgehead atoms. The molecule has 0 spiro atoms. The lowest BCUT2D eigenvalue weighted by Crippen LogP contribution is -2.32. The van der Waals surface area contributed by atoms with Gasteiger partial charge in [-0.05, 0) is 166 Å². The lowest BCUT2D eigenvalue weighted by molar-refractivity contribution is -0.128. The third-order valence-electron chi connectivity index (χ3n) is 16.4. The Bertz CT molecular complexity index is 2990. The molecular weight excluding hydrogens is 1000 g/mol. The first kappa shape index (κ1) is 59.9. The molecule has 7 aromatic carbocycles. The lowest BCUT2D eigenvalue weighted by Gasteiger charge is -2.24. The Kier molecular flexibility index (Phi) is 21.5. The van der Waals surface area contributed by atoms with Crippen LogP contribution in [0.25, 0.3) is 0 Å². The number of para-hydroxylation sites is 3. The van der Waals surface area contributed by atoms with Crippen LogP contribution in [-0.4, -0.2) is 71.3 Å². The summed E-state index contributed by atoms with van der Waals surface area (Å²) in [5.74, 6) is 6.31. The quantitative estimate of drug-likeness (QED) is 0.0658. The molecular formula is C72H85N3O6. The van der Waals surface area contributed by atoms with Crippen molar-refractivity contribution in [1.29, 1.82) is 0 Å². The average molecular weight is 1090 g/mol. The van der Waals surface area contributed by atoms with E-state index >= 15 is 0 Å². The number of hydrogen-bond donors (Lipinski definition) is 0. The van der Waals surface area contributed by atoms with Crippen molar-refractivity contribution < 1.29 is 28.6 Å². The first-order valence-electron chi connectivity index (χ1n) is 29.5. The fraction of sp³-hybridized carbons (Fsp3) is 0.375. The van der Waals surface area contributed by atoms with Crippen molar-refractivity contribution in [2.24, 2.45) is 16.2 Å². The number of rotatable bonds is 22. The van der Waals surface area contributed by atoms with Gasteiger partial charge in [0.2, 0.25) is 0 Å². The summed E-state index contributed by atoms with van der Waals surface area (Å²) in [6.07, 6.45) is 7.59. The van der Waals surface area contributed by atoms with Gasteiger partial charge in [0.05, 0.1) is 0 Å². The van der Waals surface area contributed by atoms with E-state index in [0.717, 1.165) is 132 Å². The number of Topliss-reactive ketones (excluding diaryl/α,β-unsaturated/α-hetero) is 3. The van der Waals surface area contributed by atoms with E-state index in [1.54, 1.807) is 0 Å². The molecule has 10 rings (SSSR count). The fourth-order valence-electron chi connectivity index (χ4n) is 11.5. The highest BCUT2D eigenvalue weighted by molar-refractivity contribution is 5.86. The Hall–Kier alpha value is -7.17. The Morgan fingerprint density at radius 1 is 0.395 bits per heavy atom. The van der Waals surface area contributed by atoms with Gasteiger partial charge >= 0.3 is 0 Å². The van der Waals surface area contributed by atoms with Crippen LogP contribution in [0, 0.1) is 23.2 Å². The maximum atomic E-state index is 13.1. The topological polar surface area (TPSA) is 88.6 Å². The molecule has 9 nitrogen and oxygen atoms in total. The van der Waals surface area contributed by atoms with Gasteiger partial charge in [0.25, 0.3) is 0 Å². The van der Waals surface area contributed by atoms with Crippen LogP contribution in [-0.2, 0) is 40.4 Å². The minimum absolute atomic E-state index is 0.172. The van der Waals surface area contributed by atoms with Crippen molar-refractivity contribution in [2.75, 3.05) is 39.3 Å². The van der Waals surface area contributed by atoms with Crippen LogP contribution in [0.2, 0.25) is 0 Å². The second-order valence-electron chi connectivity index (χ2n) is 23.4. The minimum Gasteiger partial charge on any atom is -0.457 e. The van der Waals surface area contributed by atoms with E-state index in [-0.39, 0.29) is 16.2 Å². The van der Waals surface area contributed by atoms with Gasteiger partial charge in [-0.1, -0.05) is 150 Å². The van der Waals surface area contributed by atoms with Crippen molar-refractivity contribution in [1.82, 2.24) is 14.7 Å². The summed E-state index contributed by atoms with van der Waals surface area (Å²) in [6.45, 7) is 20.7. The van der Waals surface area contributed by atoms with Crippen molar-refractivity contribution >= 4 is 17.3 Å². The van der Waals surface area contributed by atoms with Crippen LogP contribution in [0.5, 0.6) is 34.5 Å². The van der Waals surface area contributed by atoms with E-state index in [2.05, 4.69) is 117 Å². The molecule has 3 heterocycles. The van der Waals surface area contributed by atoms with Gasteiger partial charge in [0, 0.05) is 74.8 Å². The molecule has 0 amide bonds. The predicted molar refractivity (Wildman–Crippen MR) is 327 cm³/mol. The van der Waals surface area contributed by atoms with Gasteiger partial charge in [-0.25, -0.2) is 0 Å². The first-order chi connectivity index (χ1) is 39.2. The van der Waals surface area contributed by atoms with E-state index in [4.69, 9.17) is 14.2 Å². The molecule has 0 radical (unpaired) electrons. The number of benzene rings is 7. The van der Waals surface area contributed by atoms with Crippen LogP contribution in [0.15, 0.2) is 188 Å². The summed E-state index contributed by atoms with van der Waals surface area (Å²) in [5.41, 5.74) is 5.62. The van der Waals surface area contributed by atoms with E-state index in [9.17, 15) is 14.4 Å². The zero-order valence-corrected chi connectivity index (χ0v) is 48.9.